The number of rotatable bonds is 10. The largest absolute Gasteiger partial charge is 0.494 e. The number of carboxylic acids is 1. The highest BCUT2D eigenvalue weighted by atomic mass is 32.2. The average Bonchev–Trinajstić information content (AvgIpc) is 3.32. The lowest BCUT2D eigenvalue weighted by Gasteiger charge is -2.33. The van der Waals surface area contributed by atoms with Crippen LogP contribution in [0.25, 0.3) is 0 Å². The zero-order valence-electron chi connectivity index (χ0n) is 22.1. The van der Waals surface area contributed by atoms with Crippen molar-refractivity contribution in [1.29, 1.82) is 0 Å². The first-order valence-electron chi connectivity index (χ1n) is 13.2. The summed E-state index contributed by atoms with van der Waals surface area (Å²) in [5.41, 5.74) is 13.7. The summed E-state index contributed by atoms with van der Waals surface area (Å²) >= 11 is 1.86. The number of hydrogen-bond donors (Lipinski definition) is 3. The maximum Gasteiger partial charge on any atom is 0.304 e. The SMILES string of the molecule is CNc1c(N)cc(C(CC(=O)O)c2ccc(C)c3c2CCC3N(CC2CCCCC2)SC)cc1OC. The second-order valence-corrected chi connectivity index (χ2v) is 11.1. The monoisotopic (exact) mass is 511 g/mol. The van der Waals surface area contributed by atoms with E-state index in [1.54, 1.807) is 14.2 Å². The quantitative estimate of drug-likeness (QED) is 0.252. The van der Waals surface area contributed by atoms with Gasteiger partial charge in [0, 0.05) is 25.6 Å². The van der Waals surface area contributed by atoms with Gasteiger partial charge in [0.05, 0.1) is 24.9 Å². The Morgan fingerprint density at radius 1 is 1.25 bits per heavy atom. The minimum absolute atomic E-state index is 0.00990. The van der Waals surface area contributed by atoms with Gasteiger partial charge in [-0.3, -0.25) is 4.79 Å². The third-order valence-electron chi connectivity index (χ3n) is 8.14. The van der Waals surface area contributed by atoms with Crippen LogP contribution in [-0.2, 0) is 11.2 Å². The number of nitrogens with zero attached hydrogens (tertiary/aromatic N) is 1. The highest BCUT2D eigenvalue weighted by Gasteiger charge is 2.34. The lowest BCUT2D eigenvalue weighted by Crippen LogP contribution is -2.28. The van der Waals surface area contributed by atoms with Crippen LogP contribution in [0.2, 0.25) is 0 Å². The minimum atomic E-state index is -0.817. The predicted molar refractivity (Wildman–Crippen MR) is 150 cm³/mol. The normalized spacial score (nSPS) is 18.8. The third kappa shape index (κ3) is 5.47. The van der Waals surface area contributed by atoms with Gasteiger partial charge in [-0.25, -0.2) is 4.31 Å². The van der Waals surface area contributed by atoms with Crippen molar-refractivity contribution in [2.75, 3.05) is 38.0 Å². The second kappa shape index (κ2) is 11.8. The smallest absolute Gasteiger partial charge is 0.304 e. The van der Waals surface area contributed by atoms with Gasteiger partial charge in [-0.2, -0.15) is 0 Å². The molecular weight excluding hydrogens is 470 g/mol. The Morgan fingerprint density at radius 2 is 2.00 bits per heavy atom. The fourth-order valence-electron chi connectivity index (χ4n) is 6.41. The third-order valence-corrected chi connectivity index (χ3v) is 9.01. The van der Waals surface area contributed by atoms with Gasteiger partial charge in [0.15, 0.2) is 0 Å². The number of nitrogens with two attached hydrogens (primary N) is 1. The van der Waals surface area contributed by atoms with Crippen LogP contribution >= 0.6 is 11.9 Å². The highest BCUT2D eigenvalue weighted by molar-refractivity contribution is 7.96. The van der Waals surface area contributed by atoms with Gasteiger partial charge in [0.25, 0.3) is 0 Å². The molecule has 4 N–H and O–H groups in total. The van der Waals surface area contributed by atoms with E-state index in [1.807, 2.05) is 24.1 Å². The Kier molecular flexibility index (Phi) is 8.73. The summed E-state index contributed by atoms with van der Waals surface area (Å²) in [6.07, 6.45) is 11.0. The predicted octanol–water partition coefficient (Wildman–Crippen LogP) is 6.38. The molecule has 0 spiro atoms. The fourth-order valence-corrected chi connectivity index (χ4v) is 7.23. The van der Waals surface area contributed by atoms with Crippen LogP contribution in [0.5, 0.6) is 5.75 Å². The zero-order chi connectivity index (χ0) is 25.8. The molecule has 0 bridgehead atoms. The molecular formula is C29H41N3O3S. The number of anilines is 2. The van der Waals surface area contributed by atoms with Gasteiger partial charge in [-0.15, -0.1) is 0 Å². The van der Waals surface area contributed by atoms with Crippen LogP contribution in [0.4, 0.5) is 11.4 Å². The Labute approximate surface area is 220 Å². The van der Waals surface area contributed by atoms with Crippen molar-refractivity contribution < 1.29 is 14.6 Å². The van der Waals surface area contributed by atoms with E-state index in [2.05, 4.69) is 34.9 Å². The Hall–Kier alpha value is -2.38. The van der Waals surface area contributed by atoms with E-state index < -0.39 is 5.97 Å². The van der Waals surface area contributed by atoms with Crippen LogP contribution in [0.3, 0.4) is 0 Å². The van der Waals surface area contributed by atoms with Crippen LogP contribution in [0, 0.1) is 12.8 Å². The molecule has 2 aromatic rings. The molecule has 2 aliphatic carbocycles. The standard InChI is InChI=1S/C29H41N3O3S/c1-18-10-11-21(23(16-27(33)34)20-14-24(30)29(31-2)26(15-20)35-3)22-12-13-25(28(18)22)32(36-4)17-19-8-6-5-7-9-19/h10-11,14-15,19,23,25,31H,5-9,12-13,16-17,30H2,1-4H3,(H,33,34). The Balaban J connectivity index is 1.74. The van der Waals surface area contributed by atoms with Crippen molar-refractivity contribution in [3.63, 3.8) is 0 Å². The number of hydrogen-bond acceptors (Lipinski definition) is 6. The number of nitrogens with one attached hydrogen (secondary N) is 1. The molecule has 4 rings (SSSR count). The van der Waals surface area contributed by atoms with Gasteiger partial charge in [-0.05, 0) is 84.7 Å². The first-order chi connectivity index (χ1) is 17.4. The summed E-state index contributed by atoms with van der Waals surface area (Å²) in [5, 5.41) is 13.0. The number of benzene rings is 2. The van der Waals surface area contributed by atoms with Crippen molar-refractivity contribution in [2.24, 2.45) is 5.92 Å². The van der Waals surface area contributed by atoms with Gasteiger partial charge in [-0.1, -0.05) is 43.3 Å². The number of aryl methyl sites for hydroxylation is 1. The van der Waals surface area contributed by atoms with E-state index in [9.17, 15) is 9.90 Å². The van der Waals surface area contributed by atoms with E-state index in [4.69, 9.17) is 10.5 Å². The van der Waals surface area contributed by atoms with Crippen molar-refractivity contribution in [3.8, 4) is 5.75 Å². The summed E-state index contributed by atoms with van der Waals surface area (Å²) in [5.74, 6) is 0.297. The number of nitrogen functional groups attached to an aromatic ring is 1. The molecule has 0 aromatic heterocycles. The summed E-state index contributed by atoms with van der Waals surface area (Å²) in [6, 6.07) is 8.53. The molecule has 0 saturated heterocycles. The first kappa shape index (κ1) is 26.7. The van der Waals surface area contributed by atoms with E-state index in [-0.39, 0.29) is 12.3 Å². The highest BCUT2D eigenvalue weighted by Crippen LogP contribution is 2.46. The topological polar surface area (TPSA) is 87.8 Å². The molecule has 2 atom stereocenters. The molecule has 196 valence electrons. The van der Waals surface area contributed by atoms with Gasteiger partial charge in [0.2, 0.25) is 0 Å². The van der Waals surface area contributed by atoms with Crippen LogP contribution < -0.4 is 15.8 Å². The number of methoxy groups -OCH3 is 1. The van der Waals surface area contributed by atoms with Crippen molar-refractivity contribution >= 4 is 29.3 Å². The molecule has 0 aliphatic heterocycles. The maximum absolute atomic E-state index is 12.0. The summed E-state index contributed by atoms with van der Waals surface area (Å²) in [4.78, 5) is 12.0. The van der Waals surface area contributed by atoms with Crippen molar-refractivity contribution in [2.45, 2.75) is 70.3 Å². The number of carboxylic acid groups (broad SMARTS) is 1. The Bertz CT molecular complexity index is 1080. The number of fused-ring (bicyclic) bond motifs is 1. The lowest BCUT2D eigenvalue weighted by molar-refractivity contribution is -0.137. The average molecular weight is 512 g/mol. The lowest BCUT2D eigenvalue weighted by atomic mass is 9.83. The molecule has 36 heavy (non-hydrogen) atoms. The first-order valence-corrected chi connectivity index (χ1v) is 14.4. The minimum Gasteiger partial charge on any atom is -0.494 e. The fraction of sp³-hybridized carbons (Fsp3) is 0.552. The van der Waals surface area contributed by atoms with Crippen LogP contribution in [0.1, 0.15) is 84.7 Å². The molecule has 1 saturated carbocycles. The maximum atomic E-state index is 12.0. The molecule has 0 radical (unpaired) electrons. The molecule has 0 amide bonds. The van der Waals surface area contributed by atoms with Crippen LogP contribution in [0.15, 0.2) is 24.3 Å². The molecule has 2 unspecified atom stereocenters. The number of aliphatic carboxylic acids is 1. The van der Waals surface area contributed by atoms with E-state index in [0.717, 1.165) is 42.1 Å². The summed E-state index contributed by atoms with van der Waals surface area (Å²) in [6.45, 7) is 3.34. The van der Waals surface area contributed by atoms with E-state index in [0.29, 0.717) is 17.5 Å². The molecule has 2 aliphatic rings. The van der Waals surface area contributed by atoms with Gasteiger partial charge < -0.3 is 20.9 Å². The van der Waals surface area contributed by atoms with E-state index >= 15 is 0 Å². The summed E-state index contributed by atoms with van der Waals surface area (Å²) in [7, 11) is 3.42. The Morgan fingerprint density at radius 3 is 2.64 bits per heavy atom. The number of carbonyl (C=O) groups is 1. The van der Waals surface area contributed by atoms with E-state index in [1.165, 1.54) is 48.8 Å². The zero-order valence-corrected chi connectivity index (χ0v) is 22.9. The summed E-state index contributed by atoms with van der Waals surface area (Å²) < 4.78 is 8.20. The van der Waals surface area contributed by atoms with Gasteiger partial charge >= 0.3 is 5.97 Å². The van der Waals surface area contributed by atoms with Crippen molar-refractivity contribution in [3.05, 3.63) is 52.1 Å². The van der Waals surface area contributed by atoms with Crippen molar-refractivity contribution in [1.82, 2.24) is 4.31 Å². The molecule has 0 heterocycles. The van der Waals surface area contributed by atoms with Gasteiger partial charge in [0.1, 0.15) is 5.75 Å². The van der Waals surface area contributed by atoms with Crippen LogP contribution in [-0.4, -0.2) is 42.3 Å². The molecule has 1 fully saturated rings. The molecule has 7 heteroatoms. The molecule has 6 nitrogen and oxygen atoms in total. The molecule has 2 aromatic carbocycles. The number of ether oxygens (including phenoxy) is 1. The second-order valence-electron chi connectivity index (χ2n) is 10.3.